The number of para-hydroxylation sites is 1. The van der Waals surface area contributed by atoms with Crippen LogP contribution in [0.25, 0.3) is 10.9 Å². The average molecular weight is 491 g/mol. The Morgan fingerprint density at radius 2 is 1.60 bits per heavy atom. The maximum atomic E-state index is 13.4. The van der Waals surface area contributed by atoms with Crippen molar-refractivity contribution in [3.63, 3.8) is 0 Å². The van der Waals surface area contributed by atoms with Crippen LogP contribution in [0.15, 0.2) is 82.7 Å². The molecule has 0 saturated heterocycles. The summed E-state index contributed by atoms with van der Waals surface area (Å²) in [5, 5.41) is 5.80. The summed E-state index contributed by atoms with van der Waals surface area (Å²) in [6.45, 7) is 3.35. The number of aromatic nitrogens is 2. The predicted octanol–water partition coefficient (Wildman–Crippen LogP) is 4.66. The number of rotatable bonds is 7. The van der Waals surface area contributed by atoms with Gasteiger partial charge in [-0.15, -0.1) is 0 Å². The Morgan fingerprint density at radius 3 is 2.26 bits per heavy atom. The second-order valence-corrected chi connectivity index (χ2v) is 9.25. The number of carbonyl (C=O) groups is 2. The Hall–Kier alpha value is -3.98. The van der Waals surface area contributed by atoms with E-state index in [1.54, 1.807) is 67.6 Å². The first-order valence-corrected chi connectivity index (χ1v) is 11.8. The Kier molecular flexibility index (Phi) is 7.26. The minimum atomic E-state index is -0.572. The molecular formula is C26H23FN4O3S. The lowest BCUT2D eigenvalue weighted by molar-refractivity contribution is -0.115. The van der Waals surface area contributed by atoms with Gasteiger partial charge in [0, 0.05) is 18.3 Å². The van der Waals surface area contributed by atoms with Crippen LogP contribution in [-0.4, -0.2) is 26.6 Å². The standard InChI is InChI=1S/C26H23FN4O3S/c1-16(24(33)29-21-13-11-20(12-14-21)28-17(2)32)35-26-30-23-6-4-3-5-22(23)25(34)31(26)15-18-7-9-19(27)10-8-18/h3-14,16H,15H2,1-2H3,(H,28,32)(H,29,33)/t16-/m0/s1. The molecule has 0 bridgehead atoms. The zero-order valence-electron chi connectivity index (χ0n) is 19.1. The van der Waals surface area contributed by atoms with E-state index in [1.807, 2.05) is 0 Å². The fraction of sp³-hybridized carbons (Fsp3) is 0.154. The van der Waals surface area contributed by atoms with Crippen molar-refractivity contribution in [1.82, 2.24) is 9.55 Å². The van der Waals surface area contributed by atoms with Crippen LogP contribution in [0.4, 0.5) is 15.8 Å². The summed E-state index contributed by atoms with van der Waals surface area (Å²) in [7, 11) is 0. The molecule has 0 spiro atoms. The molecule has 1 aromatic heterocycles. The molecule has 0 radical (unpaired) electrons. The van der Waals surface area contributed by atoms with Crippen LogP contribution in [0.1, 0.15) is 19.4 Å². The van der Waals surface area contributed by atoms with Crippen LogP contribution in [-0.2, 0) is 16.1 Å². The molecule has 4 rings (SSSR count). The van der Waals surface area contributed by atoms with Gasteiger partial charge in [0.15, 0.2) is 5.16 Å². The number of hydrogen-bond acceptors (Lipinski definition) is 5. The number of anilines is 2. The average Bonchev–Trinajstić information content (AvgIpc) is 2.83. The fourth-order valence-electron chi connectivity index (χ4n) is 3.45. The highest BCUT2D eigenvalue weighted by atomic mass is 32.2. The van der Waals surface area contributed by atoms with Crippen LogP contribution in [0.2, 0.25) is 0 Å². The van der Waals surface area contributed by atoms with Crippen molar-refractivity contribution in [1.29, 1.82) is 0 Å². The third-order valence-electron chi connectivity index (χ3n) is 5.20. The molecule has 2 amide bonds. The van der Waals surface area contributed by atoms with Gasteiger partial charge in [-0.1, -0.05) is 36.0 Å². The monoisotopic (exact) mass is 490 g/mol. The van der Waals surface area contributed by atoms with E-state index in [9.17, 15) is 18.8 Å². The van der Waals surface area contributed by atoms with Crippen molar-refractivity contribution in [3.8, 4) is 0 Å². The number of nitrogens with zero attached hydrogens (tertiary/aromatic N) is 2. The summed E-state index contributed by atoms with van der Waals surface area (Å²) >= 11 is 1.17. The topological polar surface area (TPSA) is 93.1 Å². The van der Waals surface area contributed by atoms with Crippen molar-refractivity contribution in [2.45, 2.75) is 30.8 Å². The first kappa shape index (κ1) is 24.2. The van der Waals surface area contributed by atoms with Crippen molar-refractivity contribution in [3.05, 3.63) is 94.5 Å². The van der Waals surface area contributed by atoms with E-state index in [2.05, 4.69) is 15.6 Å². The molecule has 9 heteroatoms. The molecule has 3 aromatic carbocycles. The summed E-state index contributed by atoms with van der Waals surface area (Å²) in [4.78, 5) is 42.0. The molecule has 0 aliphatic carbocycles. The van der Waals surface area contributed by atoms with Gasteiger partial charge in [0.2, 0.25) is 11.8 Å². The maximum Gasteiger partial charge on any atom is 0.262 e. The number of nitrogens with one attached hydrogen (secondary N) is 2. The number of halogens is 1. The summed E-state index contributed by atoms with van der Waals surface area (Å²) in [6.07, 6.45) is 0. The van der Waals surface area contributed by atoms with Gasteiger partial charge in [-0.3, -0.25) is 19.0 Å². The van der Waals surface area contributed by atoms with Crippen molar-refractivity contribution in [2.75, 3.05) is 10.6 Å². The van der Waals surface area contributed by atoms with Gasteiger partial charge in [-0.25, -0.2) is 9.37 Å². The van der Waals surface area contributed by atoms with E-state index in [1.165, 1.54) is 35.4 Å². The number of amides is 2. The molecule has 1 heterocycles. The Labute approximate surface area is 205 Å². The highest BCUT2D eigenvalue weighted by Gasteiger charge is 2.20. The van der Waals surface area contributed by atoms with Crippen LogP contribution in [0, 0.1) is 5.82 Å². The summed E-state index contributed by atoms with van der Waals surface area (Å²) in [5.74, 6) is -0.804. The van der Waals surface area contributed by atoms with Crippen molar-refractivity contribution in [2.24, 2.45) is 0 Å². The van der Waals surface area contributed by atoms with Gasteiger partial charge in [0.25, 0.3) is 5.56 Å². The van der Waals surface area contributed by atoms with Gasteiger partial charge < -0.3 is 10.6 Å². The third kappa shape index (κ3) is 5.93. The second kappa shape index (κ2) is 10.5. The molecule has 2 N–H and O–H groups in total. The summed E-state index contributed by atoms with van der Waals surface area (Å²) in [5.41, 5.74) is 2.25. The van der Waals surface area contributed by atoms with Crippen LogP contribution in [0.5, 0.6) is 0 Å². The second-order valence-electron chi connectivity index (χ2n) is 7.94. The predicted molar refractivity (Wildman–Crippen MR) is 136 cm³/mol. The van der Waals surface area contributed by atoms with Gasteiger partial charge in [0.1, 0.15) is 5.82 Å². The van der Waals surface area contributed by atoms with Gasteiger partial charge in [-0.05, 0) is 61.0 Å². The fourth-order valence-corrected chi connectivity index (χ4v) is 4.35. The van der Waals surface area contributed by atoms with E-state index in [-0.39, 0.29) is 29.7 Å². The summed E-state index contributed by atoms with van der Waals surface area (Å²) < 4.78 is 14.9. The highest BCUT2D eigenvalue weighted by molar-refractivity contribution is 8.00. The molecule has 0 aliphatic heterocycles. The van der Waals surface area contributed by atoms with Gasteiger partial charge in [0.05, 0.1) is 22.7 Å². The number of carbonyl (C=O) groups excluding carboxylic acids is 2. The largest absolute Gasteiger partial charge is 0.326 e. The molecule has 0 saturated carbocycles. The number of benzene rings is 3. The molecular weight excluding hydrogens is 467 g/mol. The molecule has 0 fully saturated rings. The molecule has 178 valence electrons. The zero-order chi connectivity index (χ0) is 24.9. The van der Waals surface area contributed by atoms with Crippen molar-refractivity contribution < 1.29 is 14.0 Å². The van der Waals surface area contributed by atoms with Crippen LogP contribution in [0.3, 0.4) is 0 Å². The first-order chi connectivity index (χ1) is 16.8. The number of fused-ring (bicyclic) bond motifs is 1. The van der Waals surface area contributed by atoms with Crippen molar-refractivity contribution >= 4 is 45.9 Å². The van der Waals surface area contributed by atoms with Gasteiger partial charge in [-0.2, -0.15) is 0 Å². The Morgan fingerprint density at radius 1 is 0.971 bits per heavy atom. The van der Waals surface area contributed by atoms with E-state index < -0.39 is 5.25 Å². The summed E-state index contributed by atoms with van der Waals surface area (Å²) in [6, 6.07) is 19.7. The van der Waals surface area contributed by atoms with Crippen LogP contribution < -0.4 is 16.2 Å². The minimum Gasteiger partial charge on any atom is -0.326 e. The van der Waals surface area contributed by atoms with E-state index in [0.29, 0.717) is 27.4 Å². The molecule has 0 unspecified atom stereocenters. The molecule has 0 aliphatic rings. The lowest BCUT2D eigenvalue weighted by Crippen LogP contribution is -2.27. The molecule has 7 nitrogen and oxygen atoms in total. The Bertz CT molecular complexity index is 1440. The van der Waals surface area contributed by atoms with Crippen LogP contribution >= 0.6 is 11.8 Å². The molecule has 35 heavy (non-hydrogen) atoms. The number of hydrogen-bond donors (Lipinski definition) is 2. The highest BCUT2D eigenvalue weighted by Crippen LogP contribution is 2.25. The first-order valence-electron chi connectivity index (χ1n) is 10.9. The van der Waals surface area contributed by atoms with E-state index in [0.717, 1.165) is 5.56 Å². The number of thioether (sulfide) groups is 1. The van der Waals surface area contributed by atoms with E-state index >= 15 is 0 Å². The quantitative estimate of drug-likeness (QED) is 0.290. The third-order valence-corrected chi connectivity index (χ3v) is 6.29. The molecule has 4 aromatic rings. The lowest BCUT2D eigenvalue weighted by Gasteiger charge is -2.17. The zero-order valence-corrected chi connectivity index (χ0v) is 19.9. The lowest BCUT2D eigenvalue weighted by atomic mass is 10.2. The maximum absolute atomic E-state index is 13.4. The van der Waals surface area contributed by atoms with E-state index in [4.69, 9.17) is 0 Å². The van der Waals surface area contributed by atoms with Gasteiger partial charge >= 0.3 is 0 Å². The Balaban J connectivity index is 1.58. The normalized spacial score (nSPS) is 11.7. The smallest absolute Gasteiger partial charge is 0.262 e. The SMILES string of the molecule is CC(=O)Nc1ccc(NC(=O)[C@H](C)Sc2nc3ccccc3c(=O)n2Cc2ccc(F)cc2)cc1. The molecule has 1 atom stereocenters. The minimum absolute atomic E-state index is 0.179.